The van der Waals surface area contributed by atoms with Gasteiger partial charge in [-0.2, -0.15) is 13.2 Å². The van der Waals surface area contributed by atoms with E-state index >= 15 is 0 Å². The van der Waals surface area contributed by atoms with Crippen LogP contribution >= 0.6 is 11.6 Å². The molecule has 0 atom stereocenters. The van der Waals surface area contributed by atoms with Gasteiger partial charge in [-0.15, -0.1) is 0 Å². The molecule has 4 nitrogen and oxygen atoms in total. The van der Waals surface area contributed by atoms with Gasteiger partial charge in [-0.05, 0) is 61.6 Å². The molecule has 0 fully saturated rings. The highest BCUT2D eigenvalue weighted by Crippen LogP contribution is 2.39. The smallest absolute Gasteiger partial charge is 0.431 e. The van der Waals surface area contributed by atoms with E-state index in [-0.39, 0.29) is 31.6 Å². The topological polar surface area (TPSA) is 51.5 Å². The molecule has 1 aromatic heterocycles. The molecule has 1 N–H and O–H groups in total. The number of rotatable bonds is 8. The van der Waals surface area contributed by atoms with Crippen molar-refractivity contribution in [2.75, 3.05) is 6.61 Å². The summed E-state index contributed by atoms with van der Waals surface area (Å²) in [4.78, 5) is 11.0. The molecule has 8 heteroatoms. The minimum atomic E-state index is -4.60. The summed E-state index contributed by atoms with van der Waals surface area (Å²) in [6, 6.07) is 10.2. The number of hydrogen-bond acceptors (Lipinski definition) is 2. The molecule has 0 bridgehead atoms. The van der Waals surface area contributed by atoms with Crippen molar-refractivity contribution in [1.82, 2.24) is 4.57 Å². The average molecular weight is 454 g/mol. The molecule has 0 aliphatic carbocycles. The molecule has 0 aliphatic heterocycles. The molecule has 0 spiro atoms. The molecule has 3 aromatic rings. The molecule has 0 aliphatic rings. The van der Waals surface area contributed by atoms with Crippen LogP contribution in [-0.4, -0.2) is 22.2 Å². The lowest BCUT2D eigenvalue weighted by atomic mass is 10.1. The van der Waals surface area contributed by atoms with Crippen molar-refractivity contribution in [3.8, 4) is 5.75 Å². The van der Waals surface area contributed by atoms with Crippen LogP contribution in [-0.2, 0) is 23.9 Å². The van der Waals surface area contributed by atoms with E-state index in [1.54, 1.807) is 36.4 Å². The standard InChI is InChI=1S/C23H23ClF3NO3/c1-14-12-16(13-15(2)21(14)24)31-11-5-7-18-17-6-3-4-8-19(17)28(10-9-20(29)30)22(18)23(25,26)27/h3-4,6,8,12-13H,5,7,9-11H2,1-2H3,(H,29,30). The van der Waals surface area contributed by atoms with Crippen LogP contribution in [0.2, 0.25) is 5.02 Å². The van der Waals surface area contributed by atoms with Crippen molar-refractivity contribution in [2.24, 2.45) is 0 Å². The van der Waals surface area contributed by atoms with Gasteiger partial charge in [0.2, 0.25) is 0 Å². The summed E-state index contributed by atoms with van der Waals surface area (Å²) >= 11 is 6.15. The van der Waals surface area contributed by atoms with Gasteiger partial charge in [-0.1, -0.05) is 29.8 Å². The zero-order valence-electron chi connectivity index (χ0n) is 17.2. The number of carboxylic acids is 1. The van der Waals surface area contributed by atoms with Gasteiger partial charge in [0.1, 0.15) is 11.4 Å². The second-order valence-electron chi connectivity index (χ2n) is 7.46. The van der Waals surface area contributed by atoms with Gasteiger partial charge in [-0.3, -0.25) is 4.79 Å². The number of aliphatic carboxylic acids is 1. The average Bonchev–Trinajstić information content (AvgIpc) is 3.01. The summed E-state index contributed by atoms with van der Waals surface area (Å²) in [5.41, 5.74) is 1.51. The molecule has 0 unspecified atom stereocenters. The molecular formula is C23H23ClF3NO3. The predicted molar refractivity (Wildman–Crippen MR) is 114 cm³/mol. The molecule has 0 saturated heterocycles. The molecular weight excluding hydrogens is 431 g/mol. The number of aryl methyl sites for hydroxylation is 4. The van der Waals surface area contributed by atoms with Crippen LogP contribution < -0.4 is 4.74 Å². The number of halogens is 4. The van der Waals surface area contributed by atoms with Crippen LogP contribution in [0, 0.1) is 13.8 Å². The van der Waals surface area contributed by atoms with E-state index in [4.69, 9.17) is 21.4 Å². The SMILES string of the molecule is Cc1cc(OCCCc2c(C(F)(F)F)n(CCC(=O)O)c3ccccc23)cc(C)c1Cl. The molecule has 166 valence electrons. The van der Waals surface area contributed by atoms with Gasteiger partial charge < -0.3 is 14.4 Å². The summed E-state index contributed by atoms with van der Waals surface area (Å²) in [7, 11) is 0. The number of nitrogens with zero attached hydrogens (tertiary/aromatic N) is 1. The summed E-state index contributed by atoms with van der Waals surface area (Å²) in [5, 5.41) is 10.1. The lowest BCUT2D eigenvalue weighted by Crippen LogP contribution is -2.17. The second kappa shape index (κ2) is 9.22. The number of fused-ring (bicyclic) bond motifs is 1. The number of hydrogen-bond donors (Lipinski definition) is 1. The number of carbonyl (C=O) groups is 1. The van der Waals surface area contributed by atoms with E-state index < -0.39 is 17.8 Å². The first-order valence-electron chi connectivity index (χ1n) is 9.88. The number of carboxylic acid groups (broad SMARTS) is 1. The first kappa shape index (κ1) is 23.0. The van der Waals surface area contributed by atoms with Crippen LogP contribution in [0.4, 0.5) is 13.2 Å². The fourth-order valence-corrected chi connectivity index (χ4v) is 3.93. The van der Waals surface area contributed by atoms with Crippen LogP contribution in [0.3, 0.4) is 0 Å². The molecule has 1 heterocycles. The normalized spacial score (nSPS) is 11.8. The summed E-state index contributed by atoms with van der Waals surface area (Å²) in [5.74, 6) is -0.520. The molecule has 3 rings (SSSR count). The maximum Gasteiger partial charge on any atom is 0.431 e. The Morgan fingerprint density at radius 3 is 2.42 bits per heavy atom. The summed E-state index contributed by atoms with van der Waals surface area (Å²) < 4.78 is 48.7. The van der Waals surface area contributed by atoms with Crippen LogP contribution in [0.5, 0.6) is 5.75 Å². The van der Waals surface area contributed by atoms with Crippen LogP contribution in [0.25, 0.3) is 10.9 Å². The molecule has 0 saturated carbocycles. The monoisotopic (exact) mass is 453 g/mol. The van der Waals surface area contributed by atoms with Gasteiger partial charge in [0.15, 0.2) is 0 Å². The number of ether oxygens (including phenoxy) is 1. The third kappa shape index (κ3) is 5.15. The van der Waals surface area contributed by atoms with Crippen molar-refractivity contribution in [1.29, 1.82) is 0 Å². The van der Waals surface area contributed by atoms with Gasteiger partial charge in [0.05, 0.1) is 13.0 Å². The van der Waals surface area contributed by atoms with E-state index in [1.165, 1.54) is 0 Å². The Labute approximate surface area is 183 Å². The Kier molecular flexibility index (Phi) is 6.84. The Morgan fingerprint density at radius 2 is 1.81 bits per heavy atom. The van der Waals surface area contributed by atoms with Crippen LogP contribution in [0.1, 0.15) is 35.2 Å². The summed E-state index contributed by atoms with van der Waals surface area (Å²) in [6.45, 7) is 3.73. The summed E-state index contributed by atoms with van der Waals surface area (Å²) in [6.07, 6.45) is -4.46. The fourth-order valence-electron chi connectivity index (χ4n) is 3.82. The third-order valence-electron chi connectivity index (χ3n) is 5.14. The van der Waals surface area contributed by atoms with Gasteiger partial charge >= 0.3 is 12.1 Å². The van der Waals surface area contributed by atoms with E-state index in [1.807, 2.05) is 13.8 Å². The quantitative estimate of drug-likeness (QED) is 0.400. The van der Waals surface area contributed by atoms with E-state index in [2.05, 4.69) is 0 Å². The first-order chi connectivity index (χ1) is 14.6. The van der Waals surface area contributed by atoms with Crippen molar-refractivity contribution < 1.29 is 27.8 Å². The van der Waals surface area contributed by atoms with E-state index in [0.717, 1.165) is 15.7 Å². The number of alkyl halides is 3. The maximum atomic E-state index is 14.0. The largest absolute Gasteiger partial charge is 0.494 e. The minimum Gasteiger partial charge on any atom is -0.494 e. The Morgan fingerprint density at radius 1 is 1.16 bits per heavy atom. The van der Waals surface area contributed by atoms with Crippen molar-refractivity contribution in [3.63, 3.8) is 0 Å². The van der Waals surface area contributed by atoms with Crippen molar-refractivity contribution in [2.45, 2.75) is 45.8 Å². The lowest BCUT2D eigenvalue weighted by Gasteiger charge is -2.15. The third-order valence-corrected chi connectivity index (χ3v) is 5.74. The van der Waals surface area contributed by atoms with E-state index in [0.29, 0.717) is 28.1 Å². The zero-order valence-corrected chi connectivity index (χ0v) is 18.0. The highest BCUT2D eigenvalue weighted by molar-refractivity contribution is 6.32. The first-order valence-corrected chi connectivity index (χ1v) is 10.3. The number of para-hydroxylation sites is 1. The molecule has 0 amide bonds. The second-order valence-corrected chi connectivity index (χ2v) is 7.84. The molecule has 2 aromatic carbocycles. The predicted octanol–water partition coefficient (Wildman–Crippen LogP) is 6.42. The lowest BCUT2D eigenvalue weighted by molar-refractivity contribution is -0.145. The Balaban J connectivity index is 1.85. The zero-order chi connectivity index (χ0) is 22.8. The van der Waals surface area contributed by atoms with E-state index in [9.17, 15) is 18.0 Å². The highest BCUT2D eigenvalue weighted by Gasteiger charge is 2.38. The molecule has 31 heavy (non-hydrogen) atoms. The highest BCUT2D eigenvalue weighted by atomic mass is 35.5. The minimum absolute atomic E-state index is 0.154. The Bertz CT molecular complexity index is 1080. The van der Waals surface area contributed by atoms with Crippen molar-refractivity contribution in [3.05, 3.63) is 63.8 Å². The van der Waals surface area contributed by atoms with Gasteiger partial charge in [0, 0.05) is 22.5 Å². The van der Waals surface area contributed by atoms with Gasteiger partial charge in [0.25, 0.3) is 0 Å². The number of benzene rings is 2. The Hall–Kier alpha value is -2.67. The maximum absolute atomic E-state index is 14.0. The van der Waals surface area contributed by atoms with Crippen LogP contribution in [0.15, 0.2) is 36.4 Å². The van der Waals surface area contributed by atoms with Crippen molar-refractivity contribution >= 4 is 28.5 Å². The van der Waals surface area contributed by atoms with Gasteiger partial charge in [-0.25, -0.2) is 0 Å². The number of aromatic nitrogens is 1. The molecule has 0 radical (unpaired) electrons. The fraction of sp³-hybridized carbons (Fsp3) is 0.348.